The number of rotatable bonds is 4. The van der Waals surface area contributed by atoms with Crippen LogP contribution in [0.2, 0.25) is 0 Å². The third-order valence-corrected chi connectivity index (χ3v) is 6.11. The summed E-state index contributed by atoms with van der Waals surface area (Å²) in [4.78, 5) is 34.6. The van der Waals surface area contributed by atoms with Gasteiger partial charge in [0.15, 0.2) is 6.61 Å². The van der Waals surface area contributed by atoms with Crippen LogP contribution in [0.3, 0.4) is 0 Å². The van der Waals surface area contributed by atoms with Crippen molar-refractivity contribution in [3.05, 3.63) is 41.1 Å². The lowest BCUT2D eigenvalue weighted by atomic mass is 9.96. The molecule has 1 fully saturated rings. The molecule has 0 radical (unpaired) electrons. The molecule has 6 heteroatoms. The highest BCUT2D eigenvalue weighted by Gasteiger charge is 2.27. The van der Waals surface area contributed by atoms with Crippen molar-refractivity contribution in [2.75, 3.05) is 32.8 Å². The number of piperidine rings is 1. The minimum absolute atomic E-state index is 0.104. The summed E-state index contributed by atoms with van der Waals surface area (Å²) in [6.45, 7) is 8.12. The molecule has 6 nitrogen and oxygen atoms in total. The molecular formula is C23H29N3O3. The van der Waals surface area contributed by atoms with Gasteiger partial charge >= 0.3 is 5.97 Å². The molecule has 0 saturated carbocycles. The van der Waals surface area contributed by atoms with Crippen molar-refractivity contribution in [1.29, 1.82) is 0 Å². The van der Waals surface area contributed by atoms with Gasteiger partial charge in [-0.15, -0.1) is 0 Å². The molecule has 1 aromatic heterocycles. The number of pyridine rings is 1. The zero-order chi connectivity index (χ0) is 20.4. The molecule has 0 aliphatic carbocycles. The second-order valence-corrected chi connectivity index (χ2v) is 8.21. The fourth-order valence-corrected chi connectivity index (χ4v) is 4.46. The van der Waals surface area contributed by atoms with Crippen LogP contribution in [0.5, 0.6) is 0 Å². The molecule has 1 saturated heterocycles. The number of amides is 1. The maximum atomic E-state index is 13.1. The van der Waals surface area contributed by atoms with Crippen molar-refractivity contribution in [2.45, 2.75) is 39.7 Å². The van der Waals surface area contributed by atoms with Crippen LogP contribution in [0, 0.1) is 5.92 Å². The Kier molecular flexibility index (Phi) is 5.81. The average molecular weight is 396 g/mol. The largest absolute Gasteiger partial charge is 0.452 e. The third kappa shape index (κ3) is 4.13. The van der Waals surface area contributed by atoms with Gasteiger partial charge in [-0.3, -0.25) is 14.7 Å². The first kappa shape index (κ1) is 19.8. The number of nitrogens with zero attached hydrogens (tertiary/aromatic N) is 3. The van der Waals surface area contributed by atoms with Crippen LogP contribution >= 0.6 is 0 Å². The number of benzene rings is 1. The van der Waals surface area contributed by atoms with E-state index in [1.165, 1.54) is 0 Å². The Hall–Kier alpha value is -2.47. The summed E-state index contributed by atoms with van der Waals surface area (Å²) in [5, 5.41) is 0.799. The van der Waals surface area contributed by atoms with Crippen LogP contribution in [0.4, 0.5) is 0 Å². The summed E-state index contributed by atoms with van der Waals surface area (Å²) >= 11 is 0. The van der Waals surface area contributed by atoms with E-state index in [9.17, 15) is 9.59 Å². The molecule has 4 rings (SSSR count). The lowest BCUT2D eigenvalue weighted by molar-refractivity contribution is -0.136. The molecule has 29 heavy (non-hydrogen) atoms. The summed E-state index contributed by atoms with van der Waals surface area (Å²) in [7, 11) is 0. The van der Waals surface area contributed by atoms with E-state index in [2.05, 4.69) is 18.7 Å². The number of hydrogen-bond acceptors (Lipinski definition) is 5. The van der Waals surface area contributed by atoms with E-state index >= 15 is 0 Å². The van der Waals surface area contributed by atoms with Gasteiger partial charge in [0, 0.05) is 49.2 Å². The van der Waals surface area contributed by atoms with Crippen molar-refractivity contribution in [3.63, 3.8) is 0 Å². The van der Waals surface area contributed by atoms with Gasteiger partial charge in [-0.1, -0.05) is 32.0 Å². The molecule has 1 unspecified atom stereocenters. The van der Waals surface area contributed by atoms with Gasteiger partial charge in [0.05, 0.1) is 11.1 Å². The number of likely N-dealkylation sites (tertiary alicyclic amines) is 1. The van der Waals surface area contributed by atoms with Crippen molar-refractivity contribution < 1.29 is 14.3 Å². The smallest absolute Gasteiger partial charge is 0.339 e. The number of fused-ring (bicyclic) bond motifs is 2. The molecule has 2 aromatic rings. The molecule has 1 aromatic carbocycles. The highest BCUT2D eigenvalue weighted by atomic mass is 16.5. The fraction of sp³-hybridized carbons (Fsp3) is 0.522. The average Bonchev–Trinajstić information content (AvgIpc) is 2.75. The maximum absolute atomic E-state index is 13.1. The second kappa shape index (κ2) is 8.49. The summed E-state index contributed by atoms with van der Waals surface area (Å²) in [6.07, 6.45) is 2.97. The molecule has 0 spiro atoms. The summed E-state index contributed by atoms with van der Waals surface area (Å²) in [5.41, 5.74) is 3.29. The fourth-order valence-electron chi connectivity index (χ4n) is 4.46. The van der Waals surface area contributed by atoms with E-state index in [1.54, 1.807) is 0 Å². The number of hydrogen-bond donors (Lipinski definition) is 0. The van der Waals surface area contributed by atoms with E-state index in [4.69, 9.17) is 9.72 Å². The predicted molar refractivity (Wildman–Crippen MR) is 112 cm³/mol. The lowest BCUT2D eigenvalue weighted by Crippen LogP contribution is -2.41. The highest BCUT2D eigenvalue weighted by Crippen LogP contribution is 2.28. The van der Waals surface area contributed by atoms with E-state index in [0.717, 1.165) is 67.6 Å². The molecule has 3 heterocycles. The maximum Gasteiger partial charge on any atom is 0.339 e. The van der Waals surface area contributed by atoms with Crippen LogP contribution in [-0.4, -0.2) is 59.4 Å². The Balaban J connectivity index is 1.59. The van der Waals surface area contributed by atoms with E-state index in [1.807, 2.05) is 29.2 Å². The number of para-hydroxylation sites is 1. The quantitative estimate of drug-likeness (QED) is 0.745. The molecule has 0 N–H and O–H groups in total. The van der Waals surface area contributed by atoms with Crippen LogP contribution in [0.15, 0.2) is 24.3 Å². The molecule has 1 amide bonds. The topological polar surface area (TPSA) is 62.7 Å². The van der Waals surface area contributed by atoms with E-state index in [-0.39, 0.29) is 12.5 Å². The zero-order valence-electron chi connectivity index (χ0n) is 17.3. The minimum atomic E-state index is -0.420. The Bertz CT molecular complexity index is 927. The van der Waals surface area contributed by atoms with Crippen molar-refractivity contribution in [2.24, 2.45) is 5.92 Å². The van der Waals surface area contributed by atoms with Gasteiger partial charge in [-0.05, 0) is 31.4 Å². The van der Waals surface area contributed by atoms with Gasteiger partial charge in [0.2, 0.25) is 0 Å². The van der Waals surface area contributed by atoms with Crippen LogP contribution < -0.4 is 0 Å². The Morgan fingerprint density at radius 2 is 2.07 bits per heavy atom. The van der Waals surface area contributed by atoms with Crippen LogP contribution in [0.1, 0.15) is 48.3 Å². The molecule has 0 bridgehead atoms. The number of aromatic nitrogens is 1. The normalized spacial score (nSPS) is 19.8. The lowest BCUT2D eigenvalue weighted by Gasteiger charge is -2.31. The third-order valence-electron chi connectivity index (χ3n) is 6.11. The number of likely N-dealkylation sites (N-methyl/N-ethyl adjacent to an activating group) is 1. The minimum Gasteiger partial charge on any atom is -0.452 e. The van der Waals surface area contributed by atoms with Crippen molar-refractivity contribution >= 4 is 22.8 Å². The molecule has 154 valence electrons. The number of ether oxygens (including phenoxy) is 1. The van der Waals surface area contributed by atoms with Gasteiger partial charge in [0.1, 0.15) is 0 Å². The SMILES string of the molecule is CCN1CCc2nc3ccccc3c(C(=O)OCC(=O)N3CCCC(C)C3)c2C1. The number of esters is 1. The molecule has 2 aliphatic rings. The van der Waals surface area contributed by atoms with E-state index < -0.39 is 5.97 Å². The first-order valence-corrected chi connectivity index (χ1v) is 10.6. The van der Waals surface area contributed by atoms with E-state index in [0.29, 0.717) is 18.0 Å². The Morgan fingerprint density at radius 1 is 1.24 bits per heavy atom. The Morgan fingerprint density at radius 3 is 2.86 bits per heavy atom. The first-order valence-electron chi connectivity index (χ1n) is 10.6. The number of carbonyl (C=O) groups excluding carboxylic acids is 2. The summed E-state index contributed by atoms with van der Waals surface area (Å²) in [6, 6.07) is 7.68. The molecule has 2 aliphatic heterocycles. The van der Waals surface area contributed by atoms with Crippen molar-refractivity contribution in [3.8, 4) is 0 Å². The zero-order valence-corrected chi connectivity index (χ0v) is 17.3. The van der Waals surface area contributed by atoms with Crippen molar-refractivity contribution in [1.82, 2.24) is 14.8 Å². The predicted octanol–water partition coefficient (Wildman–Crippen LogP) is 3.03. The van der Waals surface area contributed by atoms with Gasteiger partial charge in [0.25, 0.3) is 5.91 Å². The second-order valence-electron chi connectivity index (χ2n) is 8.21. The highest BCUT2D eigenvalue weighted by molar-refractivity contribution is 6.05. The Labute approximate surface area is 171 Å². The summed E-state index contributed by atoms with van der Waals surface area (Å²) in [5.74, 6) is -0.0249. The molecular weight excluding hydrogens is 366 g/mol. The van der Waals surface area contributed by atoms with Gasteiger partial charge in [-0.25, -0.2) is 4.79 Å². The van der Waals surface area contributed by atoms with Gasteiger partial charge in [-0.2, -0.15) is 0 Å². The monoisotopic (exact) mass is 395 g/mol. The standard InChI is InChI=1S/C23H29N3O3/c1-3-25-12-10-20-18(14-25)22(17-8-4-5-9-19(17)24-20)23(28)29-15-21(27)26-11-6-7-16(2)13-26/h4-5,8-9,16H,3,6-7,10-15H2,1-2H3. The summed E-state index contributed by atoms with van der Waals surface area (Å²) < 4.78 is 5.54. The van der Waals surface area contributed by atoms with Gasteiger partial charge < -0.3 is 9.64 Å². The van der Waals surface area contributed by atoms with Crippen LogP contribution in [-0.2, 0) is 22.5 Å². The van der Waals surface area contributed by atoms with Crippen LogP contribution in [0.25, 0.3) is 10.9 Å². The first-order chi connectivity index (χ1) is 14.1. The molecule has 1 atom stereocenters. The number of carbonyl (C=O) groups is 2.